The lowest BCUT2D eigenvalue weighted by atomic mass is 9.87. The van der Waals surface area contributed by atoms with Crippen LogP contribution in [0, 0.1) is 0 Å². The molecule has 0 aliphatic heterocycles. The number of fused-ring (bicyclic) bond motifs is 2. The summed E-state index contributed by atoms with van der Waals surface area (Å²) < 4.78 is 28.6. The van der Waals surface area contributed by atoms with Crippen LogP contribution in [0.1, 0.15) is 31.9 Å². The molecule has 0 bridgehead atoms. The van der Waals surface area contributed by atoms with Crippen LogP contribution >= 0.6 is 0 Å². The lowest BCUT2D eigenvalue weighted by Gasteiger charge is -2.18. The molecule has 5 rings (SSSR count). The molecule has 2 N–H and O–H groups in total. The Kier molecular flexibility index (Phi) is 5.40. The minimum Gasteiger partial charge on any atom is -0.382 e. The highest BCUT2D eigenvalue weighted by Crippen LogP contribution is 2.35. The number of nitrogens with zero attached hydrogens (tertiary/aromatic N) is 4. The molecule has 7 nitrogen and oxygen atoms in total. The first-order valence-corrected chi connectivity index (χ1v) is 12.7. The fraction of sp³-hybridized carbons (Fsp3) is 0.148. The van der Waals surface area contributed by atoms with Gasteiger partial charge in [0.1, 0.15) is 16.2 Å². The molecular weight excluding hydrogens is 458 g/mol. The molecule has 2 heterocycles. The van der Waals surface area contributed by atoms with Crippen LogP contribution in [-0.2, 0) is 15.3 Å². The fourth-order valence-corrected chi connectivity index (χ4v) is 5.42. The molecule has 0 aliphatic rings. The van der Waals surface area contributed by atoms with Crippen molar-refractivity contribution in [1.29, 1.82) is 0 Å². The zero-order valence-corrected chi connectivity index (χ0v) is 20.5. The molecule has 35 heavy (non-hydrogen) atoms. The molecule has 0 fully saturated rings. The van der Waals surface area contributed by atoms with Gasteiger partial charge in [-0.15, -0.1) is 0 Å². The minimum absolute atomic E-state index is 0.0358. The summed E-state index contributed by atoms with van der Waals surface area (Å²) in [6.07, 6.45) is 1.64. The van der Waals surface area contributed by atoms with E-state index < -0.39 is 9.84 Å². The van der Waals surface area contributed by atoms with Crippen molar-refractivity contribution in [3.05, 3.63) is 90.0 Å². The van der Waals surface area contributed by atoms with Crippen molar-refractivity contribution in [2.75, 3.05) is 5.73 Å². The Labute approximate surface area is 203 Å². The average Bonchev–Trinajstić information content (AvgIpc) is 3.12. The second-order valence-electron chi connectivity index (χ2n) is 9.34. The van der Waals surface area contributed by atoms with Crippen LogP contribution < -0.4 is 5.73 Å². The molecule has 0 unspecified atom stereocenters. The van der Waals surface area contributed by atoms with Gasteiger partial charge in [-0.3, -0.25) is 0 Å². The highest BCUT2D eigenvalue weighted by molar-refractivity contribution is 7.92. The SMILES string of the molecule is CC(C)(C)c1ccc(C=Nn2c(N)c(S(=O)(=O)c3ccccc3)c3nc4ccccc4nc32)cc1. The molecule has 0 saturated carbocycles. The van der Waals surface area contributed by atoms with E-state index in [1.165, 1.54) is 22.4 Å². The van der Waals surface area contributed by atoms with Crippen molar-refractivity contribution < 1.29 is 8.42 Å². The fourth-order valence-electron chi connectivity index (χ4n) is 3.92. The first kappa shape index (κ1) is 22.7. The standard InChI is InChI=1S/C27H25N5O2S/c1-27(2,3)19-15-13-18(14-16-19)17-29-32-25(28)24(35(33,34)20-9-5-4-6-10-20)23-26(32)31-22-12-8-7-11-21(22)30-23/h4-17H,28H2,1-3H3. The Morgan fingerprint density at radius 1 is 0.857 bits per heavy atom. The van der Waals surface area contributed by atoms with Gasteiger partial charge >= 0.3 is 0 Å². The minimum atomic E-state index is -3.97. The van der Waals surface area contributed by atoms with Gasteiger partial charge in [-0.2, -0.15) is 9.78 Å². The van der Waals surface area contributed by atoms with Gasteiger partial charge in [-0.25, -0.2) is 18.4 Å². The van der Waals surface area contributed by atoms with E-state index in [-0.39, 0.29) is 32.2 Å². The quantitative estimate of drug-likeness (QED) is 0.355. The summed E-state index contributed by atoms with van der Waals surface area (Å²) in [6, 6.07) is 23.5. The monoisotopic (exact) mass is 483 g/mol. The third-order valence-corrected chi connectivity index (χ3v) is 7.68. The molecule has 0 atom stereocenters. The molecular formula is C27H25N5O2S. The second kappa shape index (κ2) is 8.32. The zero-order valence-electron chi connectivity index (χ0n) is 19.7. The number of anilines is 1. The van der Waals surface area contributed by atoms with Gasteiger partial charge in [-0.05, 0) is 40.8 Å². The summed E-state index contributed by atoms with van der Waals surface area (Å²) in [5.41, 5.74) is 10.2. The molecule has 2 aromatic heterocycles. The van der Waals surface area contributed by atoms with Crippen LogP contribution in [0.3, 0.4) is 0 Å². The van der Waals surface area contributed by atoms with E-state index in [2.05, 4.69) is 48.0 Å². The van der Waals surface area contributed by atoms with Crippen molar-refractivity contribution >= 4 is 44.1 Å². The molecule has 0 aliphatic carbocycles. The third-order valence-electron chi connectivity index (χ3n) is 5.85. The number of aromatic nitrogens is 3. The predicted molar refractivity (Wildman–Crippen MR) is 139 cm³/mol. The number of hydrogen-bond acceptors (Lipinski definition) is 6. The average molecular weight is 484 g/mol. The van der Waals surface area contributed by atoms with E-state index in [9.17, 15) is 8.42 Å². The number of sulfone groups is 1. The number of rotatable bonds is 4. The summed E-state index contributed by atoms with van der Waals surface area (Å²) in [5.74, 6) is -0.0401. The summed E-state index contributed by atoms with van der Waals surface area (Å²) in [6.45, 7) is 6.46. The lowest BCUT2D eigenvalue weighted by Crippen LogP contribution is -2.10. The highest BCUT2D eigenvalue weighted by atomic mass is 32.2. The maximum absolute atomic E-state index is 13.6. The van der Waals surface area contributed by atoms with Crippen LogP contribution in [0.2, 0.25) is 0 Å². The van der Waals surface area contributed by atoms with Crippen molar-refractivity contribution in [3.8, 4) is 0 Å². The van der Waals surface area contributed by atoms with Gasteiger partial charge in [0.25, 0.3) is 0 Å². The molecule has 0 radical (unpaired) electrons. The van der Waals surface area contributed by atoms with Crippen molar-refractivity contribution in [3.63, 3.8) is 0 Å². The van der Waals surface area contributed by atoms with Gasteiger partial charge in [0.05, 0.1) is 22.1 Å². The van der Waals surface area contributed by atoms with Gasteiger partial charge in [0, 0.05) is 0 Å². The Balaban J connectivity index is 1.71. The number of nitrogens with two attached hydrogens (primary N) is 1. The van der Waals surface area contributed by atoms with Crippen LogP contribution in [0.25, 0.3) is 22.2 Å². The van der Waals surface area contributed by atoms with Gasteiger partial charge in [0.15, 0.2) is 5.65 Å². The predicted octanol–water partition coefficient (Wildman–Crippen LogP) is 5.18. The maximum Gasteiger partial charge on any atom is 0.212 e. The number of hydrogen-bond donors (Lipinski definition) is 1. The number of para-hydroxylation sites is 2. The molecule has 5 aromatic rings. The largest absolute Gasteiger partial charge is 0.382 e. The molecule has 0 spiro atoms. The maximum atomic E-state index is 13.6. The molecule has 3 aromatic carbocycles. The summed E-state index contributed by atoms with van der Waals surface area (Å²) in [7, 11) is -3.97. The van der Waals surface area contributed by atoms with Crippen LogP contribution in [0.4, 0.5) is 5.82 Å². The summed E-state index contributed by atoms with van der Waals surface area (Å²) in [5, 5.41) is 4.53. The Bertz CT molecular complexity index is 1680. The Hall–Kier alpha value is -4.04. The van der Waals surface area contributed by atoms with E-state index in [0.717, 1.165) is 5.56 Å². The van der Waals surface area contributed by atoms with E-state index in [0.29, 0.717) is 11.0 Å². The topological polar surface area (TPSA) is 103 Å². The summed E-state index contributed by atoms with van der Waals surface area (Å²) >= 11 is 0. The van der Waals surface area contributed by atoms with Crippen molar-refractivity contribution in [2.24, 2.45) is 5.10 Å². The zero-order chi connectivity index (χ0) is 24.8. The molecule has 176 valence electrons. The van der Waals surface area contributed by atoms with Crippen LogP contribution in [-0.4, -0.2) is 29.3 Å². The van der Waals surface area contributed by atoms with Gasteiger partial charge < -0.3 is 5.73 Å². The van der Waals surface area contributed by atoms with Gasteiger partial charge in [0.2, 0.25) is 9.84 Å². The first-order chi connectivity index (χ1) is 16.7. The summed E-state index contributed by atoms with van der Waals surface area (Å²) in [4.78, 5) is 9.32. The van der Waals surface area contributed by atoms with Crippen molar-refractivity contribution in [1.82, 2.24) is 14.6 Å². The van der Waals surface area contributed by atoms with E-state index in [1.807, 2.05) is 30.3 Å². The second-order valence-corrected chi connectivity index (χ2v) is 11.2. The highest BCUT2D eigenvalue weighted by Gasteiger charge is 2.30. The Morgan fingerprint density at radius 3 is 2.09 bits per heavy atom. The molecule has 0 amide bonds. The normalized spacial score (nSPS) is 12.7. The lowest BCUT2D eigenvalue weighted by molar-refractivity contribution is 0.590. The van der Waals surface area contributed by atoms with Gasteiger partial charge in [-0.1, -0.05) is 75.4 Å². The van der Waals surface area contributed by atoms with E-state index >= 15 is 0 Å². The third kappa shape index (κ3) is 4.06. The molecule has 8 heteroatoms. The van der Waals surface area contributed by atoms with E-state index in [4.69, 9.17) is 5.73 Å². The van der Waals surface area contributed by atoms with E-state index in [1.54, 1.807) is 30.5 Å². The van der Waals surface area contributed by atoms with Crippen molar-refractivity contribution in [2.45, 2.75) is 36.0 Å². The number of nitrogen functional groups attached to an aromatic ring is 1. The smallest absolute Gasteiger partial charge is 0.212 e. The van der Waals surface area contributed by atoms with Crippen LogP contribution in [0.5, 0.6) is 0 Å². The first-order valence-electron chi connectivity index (χ1n) is 11.2. The molecule has 0 saturated heterocycles. The number of benzene rings is 3. The Morgan fingerprint density at radius 2 is 1.46 bits per heavy atom. The van der Waals surface area contributed by atoms with Crippen LogP contribution in [0.15, 0.2) is 93.8 Å².